The maximum absolute atomic E-state index is 11.3. The summed E-state index contributed by atoms with van der Waals surface area (Å²) in [6.07, 6.45) is 1.72. The predicted octanol–water partition coefficient (Wildman–Crippen LogP) is -0.267. The summed E-state index contributed by atoms with van der Waals surface area (Å²) in [6.45, 7) is 0.704. The van der Waals surface area contributed by atoms with Crippen LogP contribution >= 0.6 is 11.3 Å². The van der Waals surface area contributed by atoms with E-state index in [2.05, 4.69) is 10.3 Å². The zero-order valence-corrected chi connectivity index (χ0v) is 8.71. The largest absolute Gasteiger partial charge is 0.383 e. The van der Waals surface area contributed by atoms with Crippen LogP contribution in [0.4, 0.5) is 0 Å². The Morgan fingerprint density at radius 2 is 2.64 bits per heavy atom. The van der Waals surface area contributed by atoms with Gasteiger partial charge in [-0.2, -0.15) is 0 Å². The molecule has 0 bridgehead atoms. The van der Waals surface area contributed by atoms with Crippen molar-refractivity contribution in [2.45, 2.75) is 12.6 Å². The van der Waals surface area contributed by atoms with Crippen LogP contribution in [-0.2, 0) is 16.1 Å². The van der Waals surface area contributed by atoms with Gasteiger partial charge in [0.2, 0.25) is 5.91 Å². The SMILES string of the molecule is COCC(N)C(=O)NCc1cncs1. The molecule has 1 aromatic heterocycles. The molecule has 1 amide bonds. The van der Waals surface area contributed by atoms with Crippen molar-refractivity contribution in [2.24, 2.45) is 5.73 Å². The lowest BCUT2D eigenvalue weighted by Crippen LogP contribution is -2.43. The third-order valence-electron chi connectivity index (χ3n) is 1.60. The lowest BCUT2D eigenvalue weighted by atomic mass is 10.3. The molecule has 0 radical (unpaired) electrons. The van der Waals surface area contributed by atoms with Crippen molar-refractivity contribution >= 4 is 17.2 Å². The van der Waals surface area contributed by atoms with E-state index in [9.17, 15) is 4.79 Å². The third-order valence-corrected chi connectivity index (χ3v) is 2.38. The van der Waals surface area contributed by atoms with E-state index in [-0.39, 0.29) is 12.5 Å². The molecule has 3 N–H and O–H groups in total. The molecule has 0 aliphatic carbocycles. The van der Waals surface area contributed by atoms with Gasteiger partial charge in [0.15, 0.2) is 0 Å². The number of rotatable bonds is 5. The van der Waals surface area contributed by atoms with Gasteiger partial charge >= 0.3 is 0 Å². The molecule has 0 aromatic carbocycles. The zero-order valence-electron chi connectivity index (χ0n) is 7.90. The lowest BCUT2D eigenvalue weighted by molar-refractivity contribution is -0.123. The van der Waals surface area contributed by atoms with E-state index < -0.39 is 6.04 Å². The summed E-state index contributed by atoms with van der Waals surface area (Å²) in [5, 5.41) is 2.70. The van der Waals surface area contributed by atoms with Crippen molar-refractivity contribution in [3.05, 3.63) is 16.6 Å². The van der Waals surface area contributed by atoms with Crippen LogP contribution < -0.4 is 11.1 Å². The second kappa shape index (κ2) is 5.69. The molecule has 1 heterocycles. The van der Waals surface area contributed by atoms with E-state index in [1.165, 1.54) is 18.4 Å². The molecule has 0 saturated carbocycles. The van der Waals surface area contributed by atoms with Crippen LogP contribution in [0.25, 0.3) is 0 Å². The molecule has 1 rings (SSSR count). The number of hydrogen-bond acceptors (Lipinski definition) is 5. The zero-order chi connectivity index (χ0) is 10.4. The number of nitrogens with two attached hydrogens (primary N) is 1. The highest BCUT2D eigenvalue weighted by molar-refractivity contribution is 7.09. The fourth-order valence-corrected chi connectivity index (χ4v) is 1.42. The number of methoxy groups -OCH3 is 1. The van der Waals surface area contributed by atoms with Crippen LogP contribution in [0.3, 0.4) is 0 Å². The van der Waals surface area contributed by atoms with Gasteiger partial charge < -0.3 is 15.8 Å². The molecular weight excluding hydrogens is 202 g/mol. The summed E-state index contributed by atoms with van der Waals surface area (Å²) >= 11 is 1.49. The predicted molar refractivity (Wildman–Crippen MR) is 53.8 cm³/mol. The average molecular weight is 215 g/mol. The number of carbonyl (C=O) groups excluding carboxylic acids is 1. The summed E-state index contributed by atoms with van der Waals surface area (Å²) in [5.74, 6) is -0.208. The summed E-state index contributed by atoms with van der Waals surface area (Å²) in [6, 6.07) is -0.604. The summed E-state index contributed by atoms with van der Waals surface area (Å²) < 4.78 is 4.77. The molecular formula is C8H13N3O2S. The molecule has 0 aliphatic heterocycles. The van der Waals surface area contributed by atoms with Gasteiger partial charge in [0.25, 0.3) is 0 Å². The Morgan fingerprint density at radius 1 is 1.86 bits per heavy atom. The minimum absolute atomic E-state index is 0.208. The lowest BCUT2D eigenvalue weighted by Gasteiger charge is -2.09. The Kier molecular flexibility index (Phi) is 4.51. The first-order chi connectivity index (χ1) is 6.74. The second-order valence-corrected chi connectivity index (χ2v) is 3.72. The molecule has 5 nitrogen and oxygen atoms in total. The van der Waals surface area contributed by atoms with E-state index in [1.807, 2.05) is 0 Å². The van der Waals surface area contributed by atoms with Gasteiger partial charge in [-0.05, 0) is 0 Å². The van der Waals surface area contributed by atoms with Crippen molar-refractivity contribution < 1.29 is 9.53 Å². The van der Waals surface area contributed by atoms with Crippen LogP contribution in [-0.4, -0.2) is 30.6 Å². The minimum atomic E-state index is -0.604. The van der Waals surface area contributed by atoms with Gasteiger partial charge in [0.1, 0.15) is 6.04 Å². The molecule has 1 atom stereocenters. The number of hydrogen-bond donors (Lipinski definition) is 2. The first-order valence-electron chi connectivity index (χ1n) is 4.13. The maximum Gasteiger partial charge on any atom is 0.239 e. The topological polar surface area (TPSA) is 77.2 Å². The minimum Gasteiger partial charge on any atom is -0.383 e. The normalized spacial score (nSPS) is 12.4. The maximum atomic E-state index is 11.3. The van der Waals surface area contributed by atoms with Crippen molar-refractivity contribution in [3.63, 3.8) is 0 Å². The molecule has 14 heavy (non-hydrogen) atoms. The number of ether oxygens (including phenoxy) is 1. The fourth-order valence-electron chi connectivity index (χ4n) is 0.890. The van der Waals surface area contributed by atoms with Gasteiger partial charge in [0, 0.05) is 18.2 Å². The van der Waals surface area contributed by atoms with Crippen LogP contribution in [0, 0.1) is 0 Å². The van der Waals surface area contributed by atoms with Crippen molar-refractivity contribution in [1.29, 1.82) is 0 Å². The quantitative estimate of drug-likeness (QED) is 0.709. The number of nitrogens with zero attached hydrogens (tertiary/aromatic N) is 1. The van der Waals surface area contributed by atoms with Crippen LogP contribution in [0.2, 0.25) is 0 Å². The highest BCUT2D eigenvalue weighted by Crippen LogP contribution is 2.03. The summed E-state index contributed by atoms with van der Waals surface area (Å²) in [4.78, 5) is 16.2. The van der Waals surface area contributed by atoms with Crippen LogP contribution in [0.15, 0.2) is 11.7 Å². The Bertz CT molecular complexity index is 276. The monoisotopic (exact) mass is 215 g/mol. The number of amides is 1. The number of nitrogens with one attached hydrogen (secondary N) is 1. The molecule has 1 unspecified atom stereocenters. The summed E-state index contributed by atoms with van der Waals surface area (Å²) in [7, 11) is 1.51. The Balaban J connectivity index is 2.27. The first kappa shape index (κ1) is 11.1. The highest BCUT2D eigenvalue weighted by Gasteiger charge is 2.12. The second-order valence-electron chi connectivity index (χ2n) is 2.75. The number of aromatic nitrogens is 1. The molecule has 78 valence electrons. The van der Waals surface area contributed by atoms with E-state index in [0.717, 1.165) is 4.88 Å². The Labute approximate surface area is 86.3 Å². The molecule has 0 fully saturated rings. The molecule has 6 heteroatoms. The van der Waals surface area contributed by atoms with E-state index in [1.54, 1.807) is 11.7 Å². The van der Waals surface area contributed by atoms with Crippen LogP contribution in [0.5, 0.6) is 0 Å². The van der Waals surface area contributed by atoms with Crippen molar-refractivity contribution in [1.82, 2.24) is 10.3 Å². The summed E-state index contributed by atoms with van der Waals surface area (Å²) in [5.41, 5.74) is 7.24. The average Bonchev–Trinajstić information content (AvgIpc) is 2.67. The van der Waals surface area contributed by atoms with Gasteiger partial charge in [-0.3, -0.25) is 9.78 Å². The molecule has 0 aliphatic rings. The molecule has 0 saturated heterocycles. The van der Waals surface area contributed by atoms with E-state index >= 15 is 0 Å². The fraction of sp³-hybridized carbons (Fsp3) is 0.500. The van der Waals surface area contributed by atoms with Crippen LogP contribution in [0.1, 0.15) is 4.88 Å². The molecule has 0 spiro atoms. The smallest absolute Gasteiger partial charge is 0.239 e. The Morgan fingerprint density at radius 3 is 3.21 bits per heavy atom. The van der Waals surface area contributed by atoms with Crippen molar-refractivity contribution in [2.75, 3.05) is 13.7 Å². The van der Waals surface area contributed by atoms with Gasteiger partial charge in [-0.25, -0.2) is 0 Å². The van der Waals surface area contributed by atoms with E-state index in [0.29, 0.717) is 6.54 Å². The third kappa shape index (κ3) is 3.41. The van der Waals surface area contributed by atoms with Gasteiger partial charge in [-0.15, -0.1) is 11.3 Å². The number of carbonyl (C=O) groups is 1. The number of thiazole rings is 1. The Hall–Kier alpha value is -0.980. The van der Waals surface area contributed by atoms with Gasteiger partial charge in [-0.1, -0.05) is 0 Å². The standard InChI is InChI=1S/C8H13N3O2S/c1-13-4-7(9)8(12)11-3-6-2-10-5-14-6/h2,5,7H,3-4,9H2,1H3,(H,11,12). The molecule has 1 aromatic rings. The highest BCUT2D eigenvalue weighted by atomic mass is 32.1. The van der Waals surface area contributed by atoms with Crippen molar-refractivity contribution in [3.8, 4) is 0 Å². The van der Waals surface area contributed by atoms with E-state index in [4.69, 9.17) is 10.5 Å². The first-order valence-corrected chi connectivity index (χ1v) is 5.01. The van der Waals surface area contributed by atoms with Gasteiger partial charge in [0.05, 0.1) is 18.7 Å².